The van der Waals surface area contributed by atoms with Gasteiger partial charge in [0.2, 0.25) is 0 Å². The van der Waals surface area contributed by atoms with Gasteiger partial charge in [-0.2, -0.15) is 0 Å². The van der Waals surface area contributed by atoms with Gasteiger partial charge in [0.05, 0.1) is 19.8 Å². The molecule has 0 aromatic rings. The Labute approximate surface area is 67.6 Å². The lowest BCUT2D eigenvalue weighted by atomic mass is 10.4. The summed E-state index contributed by atoms with van der Waals surface area (Å²) >= 11 is 0. The molecular weight excluding hydrogens is 144 g/mol. The second kappa shape index (κ2) is 5.52. The van der Waals surface area contributed by atoms with Crippen LogP contribution in [0.2, 0.25) is 0 Å². The van der Waals surface area contributed by atoms with Gasteiger partial charge in [0, 0.05) is 6.61 Å². The van der Waals surface area contributed by atoms with Gasteiger partial charge in [-0.25, -0.2) is 0 Å². The third-order valence-corrected chi connectivity index (χ3v) is 1.59. The summed E-state index contributed by atoms with van der Waals surface area (Å²) in [4.78, 5) is 0. The van der Waals surface area contributed by atoms with Crippen molar-refractivity contribution in [3.63, 3.8) is 0 Å². The minimum atomic E-state index is -0.105. The molecule has 1 heterocycles. The molecule has 0 spiro atoms. The van der Waals surface area contributed by atoms with Crippen molar-refractivity contribution in [2.75, 3.05) is 26.4 Å². The van der Waals surface area contributed by atoms with Crippen molar-refractivity contribution in [2.24, 2.45) is 0 Å². The summed E-state index contributed by atoms with van der Waals surface area (Å²) in [5, 5.41) is 0. The Balaban J connectivity index is 1.86. The average molecular weight is 160 g/mol. The van der Waals surface area contributed by atoms with Gasteiger partial charge in [-0.3, -0.25) is 0 Å². The summed E-state index contributed by atoms with van der Waals surface area (Å²) in [7, 11) is 0. The van der Waals surface area contributed by atoms with Crippen LogP contribution in [0.15, 0.2) is 0 Å². The van der Waals surface area contributed by atoms with E-state index in [-0.39, 0.29) is 6.29 Å². The van der Waals surface area contributed by atoms with E-state index < -0.39 is 0 Å². The molecule has 3 heteroatoms. The zero-order valence-corrected chi connectivity index (χ0v) is 7.04. The van der Waals surface area contributed by atoms with E-state index in [4.69, 9.17) is 14.2 Å². The molecule has 0 aromatic heterocycles. The fraction of sp³-hybridized carbons (Fsp3) is 1.00. The molecule has 0 saturated carbocycles. The smallest absolute Gasteiger partial charge is 0.181 e. The lowest BCUT2D eigenvalue weighted by Crippen LogP contribution is -2.16. The van der Waals surface area contributed by atoms with E-state index in [1.165, 1.54) is 6.42 Å². The minimum absolute atomic E-state index is 0.105. The maximum Gasteiger partial charge on any atom is 0.181 e. The van der Waals surface area contributed by atoms with E-state index in [1.807, 2.05) is 0 Å². The minimum Gasteiger partial charge on any atom is -0.376 e. The number of hydrogen-bond donors (Lipinski definition) is 0. The lowest BCUT2D eigenvalue weighted by Gasteiger charge is -2.08. The van der Waals surface area contributed by atoms with Crippen molar-refractivity contribution in [1.29, 1.82) is 0 Å². The Morgan fingerprint density at radius 2 is 2.09 bits per heavy atom. The SMILES string of the molecule is CCCCOCC1OCCO1. The van der Waals surface area contributed by atoms with Gasteiger partial charge in [-0.05, 0) is 6.42 Å². The van der Waals surface area contributed by atoms with Gasteiger partial charge < -0.3 is 14.2 Å². The monoisotopic (exact) mass is 160 g/mol. The molecule has 0 atom stereocenters. The van der Waals surface area contributed by atoms with Crippen LogP contribution in [0.25, 0.3) is 0 Å². The molecule has 1 saturated heterocycles. The number of rotatable bonds is 5. The van der Waals surface area contributed by atoms with E-state index >= 15 is 0 Å². The molecule has 1 aliphatic heterocycles. The number of ether oxygens (including phenoxy) is 3. The Morgan fingerprint density at radius 3 is 2.73 bits per heavy atom. The van der Waals surface area contributed by atoms with Crippen molar-refractivity contribution < 1.29 is 14.2 Å². The summed E-state index contributed by atoms with van der Waals surface area (Å²) in [6.45, 7) is 4.97. The van der Waals surface area contributed by atoms with Crippen LogP contribution in [0, 0.1) is 0 Å². The van der Waals surface area contributed by atoms with Crippen molar-refractivity contribution in [2.45, 2.75) is 26.1 Å². The van der Waals surface area contributed by atoms with Gasteiger partial charge in [0.1, 0.15) is 0 Å². The van der Waals surface area contributed by atoms with Crippen molar-refractivity contribution >= 4 is 0 Å². The second-order valence-electron chi connectivity index (χ2n) is 2.60. The van der Waals surface area contributed by atoms with Crippen LogP contribution in [0.5, 0.6) is 0 Å². The molecule has 0 radical (unpaired) electrons. The van der Waals surface area contributed by atoms with Crippen LogP contribution >= 0.6 is 0 Å². The van der Waals surface area contributed by atoms with Crippen LogP contribution in [-0.4, -0.2) is 32.7 Å². The van der Waals surface area contributed by atoms with E-state index in [1.54, 1.807) is 0 Å². The molecule has 0 amide bonds. The van der Waals surface area contributed by atoms with Crippen LogP contribution in [0.1, 0.15) is 19.8 Å². The topological polar surface area (TPSA) is 27.7 Å². The van der Waals surface area contributed by atoms with Crippen LogP contribution in [-0.2, 0) is 14.2 Å². The second-order valence-corrected chi connectivity index (χ2v) is 2.60. The molecule has 0 unspecified atom stereocenters. The first-order valence-electron chi connectivity index (χ1n) is 4.24. The summed E-state index contributed by atoms with van der Waals surface area (Å²) in [5.41, 5.74) is 0. The molecule has 1 fully saturated rings. The van der Waals surface area contributed by atoms with Crippen LogP contribution in [0.4, 0.5) is 0 Å². The maximum atomic E-state index is 5.31. The number of unbranched alkanes of at least 4 members (excludes halogenated alkanes) is 1. The van der Waals surface area contributed by atoms with Crippen molar-refractivity contribution in [3.05, 3.63) is 0 Å². The quantitative estimate of drug-likeness (QED) is 0.565. The molecule has 66 valence electrons. The molecule has 0 aliphatic carbocycles. The predicted octanol–water partition coefficient (Wildman–Crippen LogP) is 1.18. The van der Waals surface area contributed by atoms with Gasteiger partial charge in [-0.15, -0.1) is 0 Å². The maximum absolute atomic E-state index is 5.31. The molecule has 3 nitrogen and oxygen atoms in total. The Hall–Kier alpha value is -0.120. The zero-order valence-electron chi connectivity index (χ0n) is 7.04. The van der Waals surface area contributed by atoms with Crippen LogP contribution in [0.3, 0.4) is 0 Å². The Morgan fingerprint density at radius 1 is 1.36 bits per heavy atom. The van der Waals surface area contributed by atoms with Gasteiger partial charge >= 0.3 is 0 Å². The fourth-order valence-electron chi connectivity index (χ4n) is 0.929. The molecular formula is C8H16O3. The molecule has 11 heavy (non-hydrogen) atoms. The standard InChI is InChI=1S/C8H16O3/c1-2-3-4-9-7-8-10-5-6-11-8/h8H,2-7H2,1H3. The third-order valence-electron chi connectivity index (χ3n) is 1.59. The largest absolute Gasteiger partial charge is 0.376 e. The summed E-state index contributed by atoms with van der Waals surface area (Å²) < 4.78 is 15.7. The van der Waals surface area contributed by atoms with E-state index in [9.17, 15) is 0 Å². The van der Waals surface area contributed by atoms with Crippen LogP contribution < -0.4 is 0 Å². The highest BCUT2D eigenvalue weighted by Crippen LogP contribution is 2.03. The summed E-state index contributed by atoms with van der Waals surface area (Å²) in [6, 6.07) is 0. The first-order valence-corrected chi connectivity index (χ1v) is 4.24. The van der Waals surface area contributed by atoms with E-state index in [2.05, 4.69) is 6.92 Å². The molecule has 0 N–H and O–H groups in total. The zero-order chi connectivity index (χ0) is 7.94. The molecule has 0 aromatic carbocycles. The number of hydrogen-bond acceptors (Lipinski definition) is 3. The summed E-state index contributed by atoms with van der Waals surface area (Å²) in [5.74, 6) is 0. The first-order chi connectivity index (χ1) is 5.43. The van der Waals surface area contributed by atoms with Gasteiger partial charge in [-0.1, -0.05) is 13.3 Å². The third kappa shape index (κ3) is 3.70. The highest BCUT2D eigenvalue weighted by atomic mass is 16.7. The van der Waals surface area contributed by atoms with E-state index in [0.717, 1.165) is 13.0 Å². The highest BCUT2D eigenvalue weighted by Gasteiger charge is 2.14. The average Bonchev–Trinajstić information content (AvgIpc) is 2.50. The van der Waals surface area contributed by atoms with Crippen molar-refractivity contribution in [1.82, 2.24) is 0 Å². The lowest BCUT2D eigenvalue weighted by molar-refractivity contribution is -0.0942. The molecule has 1 rings (SSSR count). The molecule has 0 bridgehead atoms. The first kappa shape index (κ1) is 8.97. The highest BCUT2D eigenvalue weighted by molar-refractivity contribution is 4.49. The summed E-state index contributed by atoms with van der Waals surface area (Å²) in [6.07, 6.45) is 2.19. The van der Waals surface area contributed by atoms with Gasteiger partial charge in [0.15, 0.2) is 6.29 Å². The van der Waals surface area contributed by atoms with Crippen molar-refractivity contribution in [3.8, 4) is 0 Å². The Bertz CT molecular complexity index is 89.3. The van der Waals surface area contributed by atoms with Gasteiger partial charge in [0.25, 0.3) is 0 Å². The van der Waals surface area contributed by atoms with E-state index in [0.29, 0.717) is 19.8 Å². The normalized spacial score (nSPS) is 19.4. The fourth-order valence-corrected chi connectivity index (χ4v) is 0.929. The Kier molecular flexibility index (Phi) is 4.50. The molecule has 1 aliphatic rings. The predicted molar refractivity (Wildman–Crippen MR) is 41.4 cm³/mol.